The third kappa shape index (κ3) is 1.10. The first kappa shape index (κ1) is 8.75. The van der Waals surface area contributed by atoms with Gasteiger partial charge in [-0.1, -0.05) is 6.08 Å². The topological polar surface area (TPSA) is 46.5 Å². The number of aliphatic hydroxyl groups is 1. The van der Waals surface area contributed by atoms with Gasteiger partial charge in [-0.05, 0) is 26.2 Å². The molecule has 0 aromatic carbocycles. The number of carbonyl (C=O) groups excluding carboxylic acids is 1. The number of rotatable bonds is 2. The maximum Gasteiger partial charge on any atom is 0.336 e. The molecule has 13 heavy (non-hydrogen) atoms. The van der Waals surface area contributed by atoms with Gasteiger partial charge in [0.15, 0.2) is 0 Å². The van der Waals surface area contributed by atoms with Gasteiger partial charge < -0.3 is 9.84 Å². The summed E-state index contributed by atoms with van der Waals surface area (Å²) in [5.74, 6) is -0.143. The first-order valence-corrected chi connectivity index (χ1v) is 4.80. The van der Waals surface area contributed by atoms with Crippen molar-refractivity contribution in [2.75, 3.05) is 6.61 Å². The molecule has 0 aromatic heterocycles. The van der Waals surface area contributed by atoms with E-state index >= 15 is 0 Å². The Bertz CT molecular complexity index is 269. The number of hydrogen-bond donors (Lipinski definition) is 1. The summed E-state index contributed by atoms with van der Waals surface area (Å²) < 4.78 is 4.85. The van der Waals surface area contributed by atoms with E-state index in [2.05, 4.69) is 0 Å². The van der Waals surface area contributed by atoms with E-state index in [9.17, 15) is 9.90 Å². The zero-order chi connectivity index (χ0) is 9.47. The van der Waals surface area contributed by atoms with Crippen LogP contribution in [0.2, 0.25) is 0 Å². The minimum Gasteiger partial charge on any atom is -0.463 e. The second kappa shape index (κ2) is 2.84. The van der Waals surface area contributed by atoms with Gasteiger partial charge in [0.05, 0.1) is 12.2 Å². The summed E-state index contributed by atoms with van der Waals surface area (Å²) in [5, 5.41) is 10.0. The Labute approximate surface area is 77.4 Å². The number of carbonyl (C=O) groups is 1. The zero-order valence-electron chi connectivity index (χ0n) is 7.75. The van der Waals surface area contributed by atoms with Crippen molar-refractivity contribution in [2.45, 2.75) is 31.8 Å². The average Bonchev–Trinajstić information content (AvgIpc) is 2.33. The summed E-state index contributed by atoms with van der Waals surface area (Å²) in [6, 6.07) is 0. The van der Waals surface area contributed by atoms with Crippen LogP contribution in [0, 0.1) is 5.92 Å². The van der Waals surface area contributed by atoms with Crippen molar-refractivity contribution in [3.63, 3.8) is 0 Å². The first-order valence-electron chi connectivity index (χ1n) is 4.80. The highest BCUT2D eigenvalue weighted by molar-refractivity contribution is 5.93. The average molecular weight is 182 g/mol. The van der Waals surface area contributed by atoms with Gasteiger partial charge in [0.25, 0.3) is 0 Å². The molecule has 0 saturated heterocycles. The van der Waals surface area contributed by atoms with E-state index < -0.39 is 5.60 Å². The SMILES string of the molecule is CCOC(=O)C1=CC2CCCC12O. The molecule has 72 valence electrons. The van der Waals surface area contributed by atoms with Crippen LogP contribution in [0.15, 0.2) is 11.6 Å². The van der Waals surface area contributed by atoms with E-state index in [0.717, 1.165) is 12.8 Å². The molecule has 0 aromatic rings. The maximum atomic E-state index is 11.3. The van der Waals surface area contributed by atoms with Crippen LogP contribution in [0.4, 0.5) is 0 Å². The van der Waals surface area contributed by atoms with Crippen LogP contribution >= 0.6 is 0 Å². The number of esters is 1. The van der Waals surface area contributed by atoms with Gasteiger partial charge in [0.1, 0.15) is 5.60 Å². The largest absolute Gasteiger partial charge is 0.463 e. The Morgan fingerprint density at radius 2 is 2.62 bits per heavy atom. The molecule has 3 nitrogen and oxygen atoms in total. The number of ether oxygens (including phenoxy) is 1. The summed E-state index contributed by atoms with van der Waals surface area (Å²) in [6.45, 7) is 2.14. The van der Waals surface area contributed by atoms with Crippen molar-refractivity contribution in [1.29, 1.82) is 0 Å². The molecule has 1 fully saturated rings. The van der Waals surface area contributed by atoms with Crippen LogP contribution in [-0.4, -0.2) is 23.3 Å². The monoisotopic (exact) mass is 182 g/mol. The molecule has 0 amide bonds. The smallest absolute Gasteiger partial charge is 0.336 e. The van der Waals surface area contributed by atoms with Crippen LogP contribution < -0.4 is 0 Å². The summed E-state index contributed by atoms with van der Waals surface area (Å²) >= 11 is 0. The van der Waals surface area contributed by atoms with Crippen LogP contribution in [0.25, 0.3) is 0 Å². The predicted octanol–water partition coefficient (Wildman–Crippen LogP) is 1.02. The fourth-order valence-corrected chi connectivity index (χ4v) is 2.27. The van der Waals surface area contributed by atoms with Gasteiger partial charge in [-0.15, -0.1) is 0 Å². The van der Waals surface area contributed by atoms with E-state index in [0.29, 0.717) is 18.6 Å². The van der Waals surface area contributed by atoms with E-state index in [-0.39, 0.29) is 11.9 Å². The molecule has 2 atom stereocenters. The molecule has 2 unspecified atom stereocenters. The molecule has 0 spiro atoms. The predicted molar refractivity (Wildman–Crippen MR) is 47.0 cm³/mol. The quantitative estimate of drug-likeness (QED) is 0.648. The van der Waals surface area contributed by atoms with E-state index in [1.807, 2.05) is 6.08 Å². The van der Waals surface area contributed by atoms with Crippen LogP contribution in [0.5, 0.6) is 0 Å². The molecular weight excluding hydrogens is 168 g/mol. The Hall–Kier alpha value is -0.830. The molecule has 1 N–H and O–H groups in total. The number of fused-ring (bicyclic) bond motifs is 1. The molecule has 0 heterocycles. The zero-order valence-corrected chi connectivity index (χ0v) is 7.75. The molecule has 0 bridgehead atoms. The van der Waals surface area contributed by atoms with Crippen molar-refractivity contribution in [1.82, 2.24) is 0 Å². The molecule has 2 rings (SSSR count). The minimum atomic E-state index is -0.841. The minimum absolute atomic E-state index is 0.201. The van der Waals surface area contributed by atoms with Crippen LogP contribution in [0.3, 0.4) is 0 Å². The van der Waals surface area contributed by atoms with Crippen molar-refractivity contribution in [3.8, 4) is 0 Å². The summed E-state index contributed by atoms with van der Waals surface area (Å²) in [5.41, 5.74) is -0.358. The second-order valence-electron chi connectivity index (χ2n) is 3.72. The highest BCUT2D eigenvalue weighted by Crippen LogP contribution is 2.49. The van der Waals surface area contributed by atoms with Gasteiger partial charge in [-0.3, -0.25) is 0 Å². The van der Waals surface area contributed by atoms with Gasteiger partial charge in [-0.25, -0.2) is 4.79 Å². The molecule has 0 radical (unpaired) electrons. The van der Waals surface area contributed by atoms with E-state index in [1.165, 1.54) is 0 Å². The number of hydrogen-bond acceptors (Lipinski definition) is 3. The van der Waals surface area contributed by atoms with Gasteiger partial charge >= 0.3 is 5.97 Å². The van der Waals surface area contributed by atoms with Gasteiger partial charge in [0, 0.05) is 5.92 Å². The molecule has 1 saturated carbocycles. The van der Waals surface area contributed by atoms with Crippen molar-refractivity contribution < 1.29 is 14.6 Å². The molecule has 2 aliphatic rings. The highest BCUT2D eigenvalue weighted by atomic mass is 16.5. The fraction of sp³-hybridized carbons (Fsp3) is 0.700. The maximum absolute atomic E-state index is 11.3. The van der Waals surface area contributed by atoms with Gasteiger partial charge in [0.2, 0.25) is 0 Å². The van der Waals surface area contributed by atoms with E-state index in [4.69, 9.17) is 4.74 Å². The Kier molecular flexibility index (Phi) is 1.91. The molecule has 0 aliphatic heterocycles. The van der Waals surface area contributed by atoms with Crippen molar-refractivity contribution in [2.24, 2.45) is 5.92 Å². The fourth-order valence-electron chi connectivity index (χ4n) is 2.27. The summed E-state index contributed by atoms with van der Waals surface area (Å²) in [6.07, 6.45) is 4.56. The molecule has 2 aliphatic carbocycles. The lowest BCUT2D eigenvalue weighted by Crippen LogP contribution is -2.45. The lowest BCUT2D eigenvalue weighted by molar-refractivity contribution is -0.143. The molecular formula is C10H14O3. The normalized spacial score (nSPS) is 36.2. The third-order valence-corrected chi connectivity index (χ3v) is 3.02. The Morgan fingerprint density at radius 3 is 3.23 bits per heavy atom. The lowest BCUT2D eigenvalue weighted by Gasteiger charge is -2.38. The summed E-state index contributed by atoms with van der Waals surface area (Å²) in [7, 11) is 0. The lowest BCUT2D eigenvalue weighted by atomic mass is 9.72. The van der Waals surface area contributed by atoms with Crippen LogP contribution in [0.1, 0.15) is 26.2 Å². The molecule has 3 heteroatoms. The van der Waals surface area contributed by atoms with Crippen molar-refractivity contribution in [3.05, 3.63) is 11.6 Å². The van der Waals surface area contributed by atoms with Crippen LogP contribution in [-0.2, 0) is 9.53 Å². The Balaban J connectivity index is 2.11. The van der Waals surface area contributed by atoms with Crippen molar-refractivity contribution >= 4 is 5.97 Å². The second-order valence-corrected chi connectivity index (χ2v) is 3.72. The Morgan fingerprint density at radius 1 is 1.85 bits per heavy atom. The standard InChI is InChI=1S/C10H14O3/c1-2-13-9(11)8-6-7-4-3-5-10(7,8)12/h6-7,12H,2-5H2,1H3. The van der Waals surface area contributed by atoms with Gasteiger partial charge in [-0.2, -0.15) is 0 Å². The third-order valence-electron chi connectivity index (χ3n) is 3.02. The summed E-state index contributed by atoms with van der Waals surface area (Å²) in [4.78, 5) is 11.3. The van der Waals surface area contributed by atoms with E-state index in [1.54, 1.807) is 6.92 Å². The highest BCUT2D eigenvalue weighted by Gasteiger charge is 2.53. The first-order chi connectivity index (χ1) is 6.18.